The average molecular weight is 501 g/mol. The second-order valence-corrected chi connectivity index (χ2v) is 8.81. The number of nitrogens with one attached hydrogen (secondary N) is 1. The van der Waals surface area contributed by atoms with Gasteiger partial charge in [-0.2, -0.15) is 5.26 Å². The third kappa shape index (κ3) is 4.92. The van der Waals surface area contributed by atoms with Gasteiger partial charge in [-0.25, -0.2) is 0 Å². The topological polar surface area (TPSA) is 98.1 Å². The number of ether oxygens (including phenoxy) is 5. The number of nitriles is 1. The van der Waals surface area contributed by atoms with Crippen molar-refractivity contribution in [1.29, 1.82) is 5.26 Å². The Morgan fingerprint density at radius 3 is 2.81 bits per heavy atom. The lowest BCUT2D eigenvalue weighted by molar-refractivity contribution is 0.0161. The van der Waals surface area contributed by atoms with Crippen LogP contribution in [0.4, 0.5) is 11.4 Å². The second-order valence-electron chi connectivity index (χ2n) is 8.81. The third-order valence-corrected chi connectivity index (χ3v) is 6.45. The highest BCUT2D eigenvalue weighted by molar-refractivity contribution is 6.01. The summed E-state index contributed by atoms with van der Waals surface area (Å²) >= 11 is 0. The summed E-state index contributed by atoms with van der Waals surface area (Å²) in [6.07, 6.45) is 4.60. The first-order valence-corrected chi connectivity index (χ1v) is 12.1. The van der Waals surface area contributed by atoms with Crippen molar-refractivity contribution in [1.82, 2.24) is 9.88 Å². The molecule has 190 valence electrons. The number of rotatable bonds is 6. The summed E-state index contributed by atoms with van der Waals surface area (Å²) in [5.74, 6) is 8.29. The Balaban J connectivity index is 1.62. The van der Waals surface area contributed by atoms with Crippen molar-refractivity contribution in [2.45, 2.75) is 25.5 Å². The van der Waals surface area contributed by atoms with Gasteiger partial charge in [0.05, 0.1) is 40.5 Å². The van der Waals surface area contributed by atoms with Crippen LogP contribution in [0.15, 0.2) is 30.5 Å². The quantitative estimate of drug-likeness (QED) is 0.494. The smallest absolute Gasteiger partial charge is 0.231 e. The Morgan fingerprint density at radius 2 is 2.03 bits per heavy atom. The molecule has 1 N–H and O–H groups in total. The van der Waals surface area contributed by atoms with Crippen LogP contribution in [-0.2, 0) is 4.74 Å². The first-order chi connectivity index (χ1) is 18.1. The van der Waals surface area contributed by atoms with Gasteiger partial charge in [-0.15, -0.1) is 0 Å². The third-order valence-electron chi connectivity index (χ3n) is 6.45. The molecule has 1 saturated heterocycles. The summed E-state index contributed by atoms with van der Waals surface area (Å²) in [4.78, 5) is 6.74. The molecule has 9 nitrogen and oxygen atoms in total. The van der Waals surface area contributed by atoms with Gasteiger partial charge in [0, 0.05) is 32.0 Å². The van der Waals surface area contributed by atoms with E-state index in [-0.39, 0.29) is 13.0 Å². The Hall–Kier alpha value is -4.18. The number of hydrogen-bond acceptors (Lipinski definition) is 9. The van der Waals surface area contributed by atoms with Crippen LogP contribution in [0.3, 0.4) is 0 Å². The number of aromatic nitrogens is 1. The van der Waals surface area contributed by atoms with Crippen LogP contribution < -0.4 is 24.3 Å². The standard InChI is InChI=1S/C28H28N4O5/c1-32-11-5-4-8-24(32)37-23-14-20(34-3)13-22-25(23)26(19(15-29)16-30-22)31-21-10-9-18(7-6-12-33-2)27-28(21)36-17-35-27/h9-10,13-14,16,24H,4-5,8,11-12,17H2,1-3H3,(H,30,31). The molecule has 1 atom stereocenters. The number of methoxy groups -OCH3 is 2. The van der Waals surface area contributed by atoms with Gasteiger partial charge in [0.25, 0.3) is 0 Å². The average Bonchev–Trinajstić information content (AvgIpc) is 3.42. The van der Waals surface area contributed by atoms with Crippen LogP contribution >= 0.6 is 0 Å². The highest BCUT2D eigenvalue weighted by Gasteiger charge is 2.26. The fourth-order valence-electron chi connectivity index (χ4n) is 4.56. The largest absolute Gasteiger partial charge is 0.497 e. The zero-order valence-corrected chi connectivity index (χ0v) is 21.1. The first-order valence-electron chi connectivity index (χ1n) is 12.1. The molecule has 0 spiro atoms. The minimum Gasteiger partial charge on any atom is -0.497 e. The van der Waals surface area contributed by atoms with Crippen LogP contribution in [0, 0.1) is 23.2 Å². The van der Waals surface area contributed by atoms with E-state index in [0.29, 0.717) is 63.0 Å². The van der Waals surface area contributed by atoms with E-state index in [4.69, 9.17) is 23.7 Å². The monoisotopic (exact) mass is 500 g/mol. The van der Waals surface area contributed by atoms with Crippen LogP contribution in [0.1, 0.15) is 30.4 Å². The van der Waals surface area contributed by atoms with Crippen molar-refractivity contribution in [2.75, 3.05) is 46.5 Å². The molecule has 3 heterocycles. The predicted molar refractivity (Wildman–Crippen MR) is 139 cm³/mol. The lowest BCUT2D eigenvalue weighted by Crippen LogP contribution is -2.40. The molecule has 0 radical (unpaired) electrons. The summed E-state index contributed by atoms with van der Waals surface area (Å²) in [6.45, 7) is 1.35. The van der Waals surface area contributed by atoms with Gasteiger partial charge in [0.1, 0.15) is 24.2 Å². The highest BCUT2D eigenvalue weighted by atomic mass is 16.7. The number of pyridine rings is 1. The summed E-state index contributed by atoms with van der Waals surface area (Å²) in [5.41, 5.74) is 2.93. The van der Waals surface area contributed by atoms with Gasteiger partial charge in [0.2, 0.25) is 6.79 Å². The van der Waals surface area contributed by atoms with Crippen molar-refractivity contribution in [2.24, 2.45) is 0 Å². The Kier molecular flexibility index (Phi) is 7.18. The molecule has 1 aromatic heterocycles. The van der Waals surface area contributed by atoms with Gasteiger partial charge in [-0.05, 0) is 38.4 Å². The minimum absolute atomic E-state index is 0.0781. The molecule has 0 aliphatic carbocycles. The molecule has 2 aromatic carbocycles. The van der Waals surface area contributed by atoms with Gasteiger partial charge in [-0.3, -0.25) is 9.88 Å². The van der Waals surface area contributed by atoms with E-state index < -0.39 is 0 Å². The molecule has 3 aromatic rings. The van der Waals surface area contributed by atoms with Crippen molar-refractivity contribution in [3.63, 3.8) is 0 Å². The maximum atomic E-state index is 9.98. The van der Waals surface area contributed by atoms with Gasteiger partial charge >= 0.3 is 0 Å². The number of likely N-dealkylation sites (tertiary alicyclic amines) is 1. The fraction of sp³-hybridized carbons (Fsp3) is 0.357. The normalized spacial score (nSPS) is 16.5. The summed E-state index contributed by atoms with van der Waals surface area (Å²) in [5, 5.41) is 14.1. The SMILES string of the molecule is COCC#Cc1ccc(Nc2c(C#N)cnc3cc(OC)cc(OC4CCCCN4C)c23)c2c1OCO2. The summed E-state index contributed by atoms with van der Waals surface area (Å²) < 4.78 is 28.6. The molecule has 1 unspecified atom stereocenters. The Labute approximate surface area is 215 Å². The molecule has 2 aliphatic heterocycles. The zero-order valence-electron chi connectivity index (χ0n) is 21.1. The maximum Gasteiger partial charge on any atom is 0.231 e. The van der Waals surface area contributed by atoms with Gasteiger partial charge in [0.15, 0.2) is 17.7 Å². The number of anilines is 2. The Morgan fingerprint density at radius 1 is 1.16 bits per heavy atom. The van der Waals surface area contributed by atoms with Crippen molar-refractivity contribution in [3.05, 3.63) is 41.6 Å². The summed E-state index contributed by atoms with van der Waals surface area (Å²) in [7, 11) is 5.26. The zero-order chi connectivity index (χ0) is 25.8. The molecule has 37 heavy (non-hydrogen) atoms. The minimum atomic E-state index is -0.0893. The number of fused-ring (bicyclic) bond motifs is 2. The van der Waals surface area contributed by atoms with Crippen molar-refractivity contribution < 1.29 is 23.7 Å². The van der Waals surface area contributed by atoms with Crippen LogP contribution in [0.2, 0.25) is 0 Å². The molecule has 1 fully saturated rings. The lowest BCUT2D eigenvalue weighted by Gasteiger charge is -2.33. The van der Waals surface area contributed by atoms with E-state index >= 15 is 0 Å². The van der Waals surface area contributed by atoms with Crippen LogP contribution in [0.5, 0.6) is 23.0 Å². The molecule has 9 heteroatoms. The van der Waals surface area contributed by atoms with E-state index in [2.05, 4.69) is 40.2 Å². The Bertz CT molecular complexity index is 1420. The lowest BCUT2D eigenvalue weighted by atomic mass is 10.1. The van der Waals surface area contributed by atoms with E-state index in [9.17, 15) is 5.26 Å². The van der Waals surface area contributed by atoms with Crippen LogP contribution in [0.25, 0.3) is 10.9 Å². The molecular weight excluding hydrogens is 472 g/mol. The first kappa shape index (κ1) is 24.5. The van der Waals surface area contributed by atoms with Gasteiger partial charge < -0.3 is 29.0 Å². The second kappa shape index (κ2) is 10.8. The van der Waals surface area contributed by atoms with E-state index in [1.54, 1.807) is 20.4 Å². The van der Waals surface area contributed by atoms with Crippen molar-refractivity contribution in [3.8, 4) is 40.9 Å². The number of benzene rings is 2. The molecule has 0 amide bonds. The highest BCUT2D eigenvalue weighted by Crippen LogP contribution is 2.45. The molecule has 0 saturated carbocycles. The molecular formula is C28H28N4O5. The molecule has 5 rings (SSSR count). The van der Waals surface area contributed by atoms with E-state index in [1.165, 1.54) is 0 Å². The number of hydrogen-bond donors (Lipinski definition) is 1. The number of piperidine rings is 1. The number of nitrogens with zero attached hydrogens (tertiary/aromatic N) is 3. The summed E-state index contributed by atoms with van der Waals surface area (Å²) in [6, 6.07) is 9.65. The van der Waals surface area contributed by atoms with Crippen molar-refractivity contribution >= 4 is 22.3 Å². The maximum absolute atomic E-state index is 9.98. The van der Waals surface area contributed by atoms with E-state index in [0.717, 1.165) is 25.8 Å². The van der Waals surface area contributed by atoms with Crippen LogP contribution in [-0.4, -0.2) is 57.3 Å². The molecule has 0 bridgehead atoms. The predicted octanol–water partition coefficient (Wildman–Crippen LogP) is 4.41. The molecule has 2 aliphatic rings. The van der Waals surface area contributed by atoms with E-state index in [1.807, 2.05) is 24.3 Å². The fourth-order valence-corrected chi connectivity index (χ4v) is 4.56. The van der Waals surface area contributed by atoms with Gasteiger partial charge in [-0.1, -0.05) is 11.8 Å².